The fourth-order valence-corrected chi connectivity index (χ4v) is 5.15. The van der Waals surface area contributed by atoms with Gasteiger partial charge in [-0.3, -0.25) is 14.5 Å². The second kappa shape index (κ2) is 9.87. The zero-order valence-electron chi connectivity index (χ0n) is 19.7. The van der Waals surface area contributed by atoms with Crippen molar-refractivity contribution < 1.29 is 28.6 Å². The second-order valence-electron chi connectivity index (χ2n) is 8.17. The van der Waals surface area contributed by atoms with Crippen molar-refractivity contribution >= 4 is 44.1 Å². The zero-order valence-corrected chi connectivity index (χ0v) is 20.5. The maximum absolute atomic E-state index is 13.5. The van der Waals surface area contributed by atoms with Gasteiger partial charge in [0.1, 0.15) is 29.7 Å². The first-order valence-corrected chi connectivity index (χ1v) is 12.1. The third kappa shape index (κ3) is 4.45. The van der Waals surface area contributed by atoms with Gasteiger partial charge in [0, 0.05) is 5.56 Å². The van der Waals surface area contributed by atoms with Crippen LogP contribution in [0.1, 0.15) is 17.2 Å². The summed E-state index contributed by atoms with van der Waals surface area (Å²) in [6.45, 7) is 3.95. The average molecular weight is 517 g/mol. The molecule has 0 aliphatic carbocycles. The summed E-state index contributed by atoms with van der Waals surface area (Å²) in [5.74, 6) is -1.38. The Bertz CT molecular complexity index is 1540. The SMILES string of the molecule is C=CCOc1ccc([C@@H]2/C(=C(\O)c3ccc(F)cc3)C(=O)C(=O)N2c2nc3ccc(OC)cc3s2)cc1. The average Bonchev–Trinajstić information content (AvgIpc) is 3.45. The smallest absolute Gasteiger partial charge is 0.301 e. The van der Waals surface area contributed by atoms with E-state index in [1.54, 1.807) is 55.7 Å². The number of carbonyl (C=O) groups excluding carboxylic acids is 2. The number of aliphatic hydroxyl groups is 1. The van der Waals surface area contributed by atoms with Crippen LogP contribution in [0.2, 0.25) is 0 Å². The molecule has 3 aromatic carbocycles. The summed E-state index contributed by atoms with van der Waals surface area (Å²) in [5, 5.41) is 11.5. The predicted octanol–water partition coefficient (Wildman–Crippen LogP) is 5.64. The fraction of sp³-hybridized carbons (Fsp3) is 0.107. The lowest BCUT2D eigenvalue weighted by molar-refractivity contribution is -0.132. The summed E-state index contributed by atoms with van der Waals surface area (Å²) >= 11 is 1.23. The van der Waals surface area contributed by atoms with Gasteiger partial charge in [-0.2, -0.15) is 0 Å². The van der Waals surface area contributed by atoms with Crippen molar-refractivity contribution in [3.63, 3.8) is 0 Å². The van der Waals surface area contributed by atoms with E-state index >= 15 is 0 Å². The molecule has 1 N–H and O–H groups in total. The molecule has 186 valence electrons. The van der Waals surface area contributed by atoms with Crippen LogP contribution in [0, 0.1) is 5.82 Å². The molecular weight excluding hydrogens is 495 g/mol. The van der Waals surface area contributed by atoms with Crippen molar-refractivity contribution in [1.29, 1.82) is 0 Å². The molecule has 0 unspecified atom stereocenters. The van der Waals surface area contributed by atoms with E-state index in [4.69, 9.17) is 9.47 Å². The number of amides is 1. The van der Waals surface area contributed by atoms with E-state index in [1.807, 2.05) is 0 Å². The summed E-state index contributed by atoms with van der Waals surface area (Å²) in [6, 6.07) is 16.3. The van der Waals surface area contributed by atoms with Crippen LogP contribution in [0.5, 0.6) is 11.5 Å². The molecule has 1 saturated heterocycles. The second-order valence-corrected chi connectivity index (χ2v) is 9.18. The van der Waals surface area contributed by atoms with Crippen molar-refractivity contribution in [1.82, 2.24) is 4.98 Å². The summed E-state index contributed by atoms with van der Waals surface area (Å²) in [7, 11) is 1.56. The summed E-state index contributed by atoms with van der Waals surface area (Å²) in [5.41, 5.74) is 1.29. The van der Waals surface area contributed by atoms with Crippen molar-refractivity contribution in [3.8, 4) is 11.5 Å². The van der Waals surface area contributed by atoms with Gasteiger partial charge in [-0.05, 0) is 60.2 Å². The number of fused-ring (bicyclic) bond motifs is 1. The quantitative estimate of drug-likeness (QED) is 0.148. The van der Waals surface area contributed by atoms with E-state index < -0.39 is 29.3 Å². The Kier molecular flexibility index (Phi) is 6.45. The number of methoxy groups -OCH3 is 1. The van der Waals surface area contributed by atoms with Crippen molar-refractivity contribution in [2.45, 2.75) is 6.04 Å². The van der Waals surface area contributed by atoms with E-state index in [2.05, 4.69) is 11.6 Å². The molecular formula is C28H21FN2O5S. The lowest BCUT2D eigenvalue weighted by atomic mass is 9.95. The number of hydrogen-bond donors (Lipinski definition) is 1. The normalized spacial score (nSPS) is 16.8. The van der Waals surface area contributed by atoms with Gasteiger partial charge in [0.15, 0.2) is 5.13 Å². The van der Waals surface area contributed by atoms with Crippen LogP contribution in [0.4, 0.5) is 9.52 Å². The molecule has 0 spiro atoms. The largest absolute Gasteiger partial charge is 0.507 e. The number of ether oxygens (including phenoxy) is 2. The highest BCUT2D eigenvalue weighted by atomic mass is 32.1. The topological polar surface area (TPSA) is 89.0 Å². The van der Waals surface area contributed by atoms with Gasteiger partial charge in [-0.25, -0.2) is 9.37 Å². The number of aliphatic hydroxyl groups excluding tert-OH is 1. The van der Waals surface area contributed by atoms with Crippen LogP contribution in [-0.4, -0.2) is 35.5 Å². The highest BCUT2D eigenvalue weighted by Gasteiger charge is 2.48. The number of carbonyl (C=O) groups is 2. The van der Waals surface area contributed by atoms with Crippen molar-refractivity contribution in [2.24, 2.45) is 0 Å². The predicted molar refractivity (Wildman–Crippen MR) is 139 cm³/mol. The summed E-state index contributed by atoms with van der Waals surface area (Å²) in [6.07, 6.45) is 1.62. The number of thiazole rings is 1. The molecule has 0 saturated carbocycles. The van der Waals surface area contributed by atoms with Gasteiger partial charge in [-0.15, -0.1) is 0 Å². The Morgan fingerprint density at radius 1 is 1.11 bits per heavy atom. The van der Waals surface area contributed by atoms with Crippen LogP contribution >= 0.6 is 11.3 Å². The highest BCUT2D eigenvalue weighted by Crippen LogP contribution is 2.44. The lowest BCUT2D eigenvalue weighted by Gasteiger charge is -2.23. The van der Waals surface area contributed by atoms with Crippen LogP contribution in [0.3, 0.4) is 0 Å². The number of rotatable bonds is 7. The zero-order chi connectivity index (χ0) is 26.1. The Hall–Kier alpha value is -4.50. The number of hydrogen-bond acceptors (Lipinski definition) is 7. The van der Waals surface area contributed by atoms with Crippen LogP contribution in [0.25, 0.3) is 16.0 Å². The molecule has 1 atom stereocenters. The van der Waals surface area contributed by atoms with E-state index in [0.717, 1.165) is 4.70 Å². The maximum Gasteiger partial charge on any atom is 0.301 e. The summed E-state index contributed by atoms with van der Waals surface area (Å²) in [4.78, 5) is 32.6. The molecule has 9 heteroatoms. The van der Waals surface area contributed by atoms with E-state index in [0.29, 0.717) is 34.3 Å². The minimum absolute atomic E-state index is 0.117. The van der Waals surface area contributed by atoms with Gasteiger partial charge in [0.05, 0.1) is 28.9 Å². The number of ketones is 1. The number of nitrogens with zero attached hydrogens (tertiary/aromatic N) is 2. The molecule has 4 aromatic rings. The minimum Gasteiger partial charge on any atom is -0.507 e. The van der Waals surface area contributed by atoms with E-state index in [1.165, 1.54) is 40.5 Å². The summed E-state index contributed by atoms with van der Waals surface area (Å²) < 4.78 is 25.1. The molecule has 2 heterocycles. The molecule has 0 radical (unpaired) electrons. The Labute approximate surface area is 215 Å². The number of Topliss-reactive ketones (excluding diaryl/α,β-unsaturated/α-hetero) is 1. The highest BCUT2D eigenvalue weighted by molar-refractivity contribution is 7.22. The number of anilines is 1. The molecule has 1 fully saturated rings. The minimum atomic E-state index is -0.971. The molecule has 1 aliphatic heterocycles. The Morgan fingerprint density at radius 3 is 2.49 bits per heavy atom. The molecule has 5 rings (SSSR count). The third-order valence-corrected chi connectivity index (χ3v) is 6.93. The molecule has 37 heavy (non-hydrogen) atoms. The van der Waals surface area contributed by atoms with Gasteiger partial charge < -0.3 is 14.6 Å². The molecule has 7 nitrogen and oxygen atoms in total. The first-order chi connectivity index (χ1) is 17.9. The first kappa shape index (κ1) is 24.2. The number of aromatic nitrogens is 1. The molecule has 1 aliphatic rings. The molecule has 1 aromatic heterocycles. The van der Waals surface area contributed by atoms with Gasteiger partial charge in [-0.1, -0.05) is 36.1 Å². The van der Waals surface area contributed by atoms with Crippen molar-refractivity contribution in [3.05, 3.63) is 102 Å². The molecule has 1 amide bonds. The number of benzene rings is 3. The van der Waals surface area contributed by atoms with Crippen LogP contribution in [-0.2, 0) is 9.59 Å². The number of halogens is 1. The monoisotopic (exact) mass is 516 g/mol. The Morgan fingerprint density at radius 2 is 1.81 bits per heavy atom. The van der Waals surface area contributed by atoms with Crippen LogP contribution in [0.15, 0.2) is 85.0 Å². The Balaban J connectivity index is 1.67. The van der Waals surface area contributed by atoms with E-state index in [-0.39, 0.29) is 11.1 Å². The lowest BCUT2D eigenvalue weighted by Crippen LogP contribution is -2.29. The van der Waals surface area contributed by atoms with Gasteiger partial charge >= 0.3 is 5.91 Å². The van der Waals surface area contributed by atoms with Gasteiger partial charge in [0.2, 0.25) is 0 Å². The van der Waals surface area contributed by atoms with Crippen molar-refractivity contribution in [2.75, 3.05) is 18.6 Å². The first-order valence-electron chi connectivity index (χ1n) is 11.3. The molecule has 0 bridgehead atoms. The van der Waals surface area contributed by atoms with Gasteiger partial charge in [0.25, 0.3) is 5.78 Å². The fourth-order valence-electron chi connectivity index (χ4n) is 4.13. The third-order valence-electron chi connectivity index (χ3n) is 5.92. The maximum atomic E-state index is 13.5. The van der Waals surface area contributed by atoms with Crippen LogP contribution < -0.4 is 14.4 Å². The van der Waals surface area contributed by atoms with E-state index in [9.17, 15) is 19.1 Å². The standard InChI is InChI=1S/C28H21FN2O5S/c1-3-14-36-19-10-6-16(7-11-19)24-23(25(32)17-4-8-18(29)9-5-17)26(33)27(34)31(24)28-30-21-13-12-20(35-2)15-22(21)37-28/h3-13,15,24,32H,1,14H2,2H3/b25-23+/t24-/m1/s1.